The second-order valence-corrected chi connectivity index (χ2v) is 7.02. The van der Waals surface area contributed by atoms with Crippen molar-refractivity contribution in [3.05, 3.63) is 29.8 Å². The minimum Gasteiger partial charge on any atom is -0.463 e. The Hall–Kier alpha value is -3.47. The number of rotatable bonds is 8. The van der Waals surface area contributed by atoms with E-state index >= 15 is 0 Å². The van der Waals surface area contributed by atoms with Gasteiger partial charge in [-0.25, -0.2) is 0 Å². The lowest BCUT2D eigenvalue weighted by molar-refractivity contribution is -0.257. The molecule has 1 N–H and O–H groups in total. The first-order chi connectivity index (χ1) is 15.1. The zero-order chi connectivity index (χ0) is 23.8. The van der Waals surface area contributed by atoms with Crippen molar-refractivity contribution >= 4 is 30.1 Å². The van der Waals surface area contributed by atoms with Crippen LogP contribution >= 0.6 is 0 Å². The van der Waals surface area contributed by atoms with Crippen LogP contribution in [0.2, 0.25) is 0 Å². The Balaban J connectivity index is 2.43. The first-order valence-corrected chi connectivity index (χ1v) is 9.73. The van der Waals surface area contributed by atoms with Gasteiger partial charge >= 0.3 is 17.9 Å². The van der Waals surface area contributed by atoms with Gasteiger partial charge in [-0.15, -0.1) is 0 Å². The van der Waals surface area contributed by atoms with E-state index in [0.717, 1.165) is 13.8 Å². The highest BCUT2D eigenvalue weighted by Gasteiger charge is 2.51. The fourth-order valence-corrected chi connectivity index (χ4v) is 3.15. The molecule has 0 spiro atoms. The van der Waals surface area contributed by atoms with E-state index in [2.05, 4.69) is 5.32 Å². The van der Waals surface area contributed by atoms with Crippen molar-refractivity contribution in [1.29, 1.82) is 0 Å². The van der Waals surface area contributed by atoms with Gasteiger partial charge in [0.2, 0.25) is 12.2 Å². The highest BCUT2D eigenvalue weighted by Crippen LogP contribution is 2.29. The number of aldehydes is 1. The predicted molar refractivity (Wildman–Crippen MR) is 106 cm³/mol. The Morgan fingerprint density at radius 2 is 1.53 bits per heavy atom. The minimum absolute atomic E-state index is 0.287. The van der Waals surface area contributed by atoms with Crippen LogP contribution in [-0.2, 0) is 38.1 Å². The summed E-state index contributed by atoms with van der Waals surface area (Å²) in [5.74, 6) is -2.21. The van der Waals surface area contributed by atoms with E-state index in [1.54, 1.807) is 0 Å². The van der Waals surface area contributed by atoms with Crippen molar-refractivity contribution in [3.63, 3.8) is 0 Å². The SMILES string of the molecule is CC(=O)N[C@@H]1[C@H](Oc2ccc(C=O)cc2)O[C@@H](COC(C)=O)[C@@H](OC(C)=O)[C@@H]1OC(C)=O. The molecule has 0 radical (unpaired) electrons. The first kappa shape index (κ1) is 24.8. The summed E-state index contributed by atoms with van der Waals surface area (Å²) in [7, 11) is 0. The van der Waals surface area contributed by atoms with Gasteiger partial charge in [-0.3, -0.25) is 24.0 Å². The Morgan fingerprint density at radius 3 is 2.03 bits per heavy atom. The van der Waals surface area contributed by atoms with E-state index in [0.29, 0.717) is 11.8 Å². The van der Waals surface area contributed by atoms with Crippen LogP contribution in [0, 0.1) is 0 Å². The second-order valence-electron chi connectivity index (χ2n) is 7.02. The molecule has 0 bridgehead atoms. The smallest absolute Gasteiger partial charge is 0.303 e. The molecule has 1 aromatic rings. The summed E-state index contributed by atoms with van der Waals surface area (Å²) >= 11 is 0. The van der Waals surface area contributed by atoms with Gasteiger partial charge in [-0.05, 0) is 24.3 Å². The number of hydrogen-bond acceptors (Lipinski definition) is 10. The van der Waals surface area contributed by atoms with Gasteiger partial charge in [-0.2, -0.15) is 0 Å². The van der Waals surface area contributed by atoms with Crippen LogP contribution in [-0.4, -0.2) is 67.4 Å². The third-order valence-corrected chi connectivity index (χ3v) is 4.34. The molecule has 1 aromatic carbocycles. The second kappa shape index (κ2) is 11.2. The van der Waals surface area contributed by atoms with Crippen LogP contribution in [0.1, 0.15) is 38.1 Å². The van der Waals surface area contributed by atoms with Crippen molar-refractivity contribution in [3.8, 4) is 5.75 Å². The molecule has 11 heteroatoms. The average Bonchev–Trinajstić information content (AvgIpc) is 2.70. The average molecular weight is 451 g/mol. The molecule has 0 aromatic heterocycles. The standard InChI is InChI=1S/C21H25NO10/c1-11(24)22-18-20(30-14(4)27)19(29-13(3)26)17(10-28-12(2)25)32-21(18)31-16-7-5-15(9-23)6-8-16/h5-9,17-21H,10H2,1-4H3,(H,22,24)/t17-,18-,19+,20+,21+/m0/s1. The molecular weight excluding hydrogens is 426 g/mol. The van der Waals surface area contributed by atoms with Gasteiger partial charge in [0.15, 0.2) is 12.2 Å². The normalized spacial score (nSPS) is 24.6. The Bertz CT molecular complexity index is 853. The Morgan fingerprint density at radius 1 is 0.938 bits per heavy atom. The molecule has 0 unspecified atom stereocenters. The van der Waals surface area contributed by atoms with E-state index in [-0.39, 0.29) is 12.4 Å². The lowest BCUT2D eigenvalue weighted by Crippen LogP contribution is -2.67. The predicted octanol–water partition coefficient (Wildman–Crippen LogP) is 0.534. The van der Waals surface area contributed by atoms with Gasteiger partial charge < -0.3 is 29.0 Å². The molecule has 1 fully saturated rings. The molecule has 1 aliphatic rings. The molecule has 1 amide bonds. The van der Waals surface area contributed by atoms with E-state index in [1.165, 1.54) is 38.1 Å². The number of nitrogens with one attached hydrogen (secondary N) is 1. The van der Waals surface area contributed by atoms with Gasteiger partial charge in [0.05, 0.1) is 0 Å². The molecule has 1 saturated heterocycles. The van der Waals surface area contributed by atoms with Crippen LogP contribution in [0.4, 0.5) is 0 Å². The van der Waals surface area contributed by atoms with Crippen LogP contribution in [0.3, 0.4) is 0 Å². The van der Waals surface area contributed by atoms with Crippen molar-refractivity contribution in [2.24, 2.45) is 0 Å². The number of ether oxygens (including phenoxy) is 5. The zero-order valence-electron chi connectivity index (χ0n) is 18.1. The maximum atomic E-state index is 11.9. The van der Waals surface area contributed by atoms with Crippen LogP contribution in [0.5, 0.6) is 5.75 Å². The van der Waals surface area contributed by atoms with Gasteiger partial charge in [-0.1, -0.05) is 0 Å². The summed E-state index contributed by atoms with van der Waals surface area (Å²) in [5, 5.41) is 2.60. The molecule has 1 heterocycles. The number of hydrogen-bond donors (Lipinski definition) is 1. The fraction of sp³-hybridized carbons (Fsp3) is 0.476. The van der Waals surface area contributed by atoms with E-state index in [9.17, 15) is 24.0 Å². The molecule has 174 valence electrons. The van der Waals surface area contributed by atoms with Crippen molar-refractivity contribution < 1.29 is 47.7 Å². The number of amides is 1. The van der Waals surface area contributed by atoms with Crippen LogP contribution in [0.25, 0.3) is 0 Å². The topological polar surface area (TPSA) is 144 Å². The maximum absolute atomic E-state index is 11.9. The molecule has 11 nitrogen and oxygen atoms in total. The minimum atomic E-state index is -1.22. The van der Waals surface area contributed by atoms with Gasteiger partial charge in [0.25, 0.3) is 0 Å². The molecule has 1 aliphatic heterocycles. The summed E-state index contributed by atoms with van der Waals surface area (Å²) in [6.45, 7) is 4.41. The molecular formula is C21H25NO10. The number of esters is 3. The van der Waals surface area contributed by atoms with Gasteiger partial charge in [0.1, 0.15) is 30.8 Å². The maximum Gasteiger partial charge on any atom is 0.303 e. The quantitative estimate of drug-likeness (QED) is 0.338. The van der Waals surface area contributed by atoms with E-state index in [4.69, 9.17) is 23.7 Å². The van der Waals surface area contributed by atoms with E-state index < -0.39 is 54.5 Å². The third kappa shape index (κ3) is 7.05. The fourth-order valence-electron chi connectivity index (χ4n) is 3.15. The lowest BCUT2D eigenvalue weighted by Gasteiger charge is -2.44. The summed E-state index contributed by atoms with van der Waals surface area (Å²) < 4.78 is 27.4. The van der Waals surface area contributed by atoms with Crippen LogP contribution < -0.4 is 10.1 Å². The number of benzene rings is 1. The molecule has 0 saturated carbocycles. The highest BCUT2D eigenvalue weighted by molar-refractivity contribution is 5.75. The zero-order valence-corrected chi connectivity index (χ0v) is 18.1. The molecule has 0 aliphatic carbocycles. The lowest BCUT2D eigenvalue weighted by atomic mass is 9.96. The monoisotopic (exact) mass is 451 g/mol. The van der Waals surface area contributed by atoms with E-state index in [1.807, 2.05) is 0 Å². The molecule has 2 rings (SSSR count). The largest absolute Gasteiger partial charge is 0.463 e. The Labute approximate surface area is 184 Å². The molecule has 5 atom stereocenters. The van der Waals surface area contributed by atoms with Crippen LogP contribution in [0.15, 0.2) is 24.3 Å². The van der Waals surface area contributed by atoms with Crippen molar-refractivity contribution in [2.75, 3.05) is 6.61 Å². The van der Waals surface area contributed by atoms with Gasteiger partial charge in [0, 0.05) is 33.3 Å². The summed E-state index contributed by atoms with van der Waals surface area (Å²) in [6.07, 6.45) is -4.05. The first-order valence-electron chi connectivity index (χ1n) is 9.73. The highest BCUT2D eigenvalue weighted by atomic mass is 16.7. The third-order valence-electron chi connectivity index (χ3n) is 4.34. The summed E-state index contributed by atoms with van der Waals surface area (Å²) in [5.41, 5.74) is 0.417. The Kier molecular flexibility index (Phi) is 8.71. The number of carbonyl (C=O) groups excluding carboxylic acids is 5. The number of carbonyl (C=O) groups is 5. The summed E-state index contributed by atoms with van der Waals surface area (Å²) in [6, 6.07) is 4.97. The van der Waals surface area contributed by atoms with Crippen molar-refractivity contribution in [1.82, 2.24) is 5.32 Å². The summed E-state index contributed by atoms with van der Waals surface area (Å²) in [4.78, 5) is 57.6. The molecule has 32 heavy (non-hydrogen) atoms. The van der Waals surface area contributed by atoms with Crippen molar-refractivity contribution in [2.45, 2.75) is 58.3 Å².